The quantitative estimate of drug-likeness (QED) is 0.815. The van der Waals surface area contributed by atoms with Crippen LogP contribution in [0.5, 0.6) is 0 Å². The molecule has 1 saturated carbocycles. The topological polar surface area (TPSA) is 12.0 Å². The third-order valence-electron chi connectivity index (χ3n) is 4.91. The molecular formula is C19H25N. The van der Waals surface area contributed by atoms with Crippen LogP contribution in [0.1, 0.15) is 51.1 Å². The van der Waals surface area contributed by atoms with Gasteiger partial charge in [-0.15, -0.1) is 0 Å². The van der Waals surface area contributed by atoms with E-state index in [0.29, 0.717) is 12.1 Å². The van der Waals surface area contributed by atoms with E-state index in [0.717, 1.165) is 5.92 Å². The van der Waals surface area contributed by atoms with Gasteiger partial charge in [0, 0.05) is 12.1 Å². The maximum atomic E-state index is 3.83. The molecule has 1 fully saturated rings. The van der Waals surface area contributed by atoms with E-state index in [2.05, 4.69) is 61.6 Å². The third kappa shape index (κ3) is 2.73. The van der Waals surface area contributed by atoms with Crippen molar-refractivity contribution in [2.75, 3.05) is 0 Å². The van der Waals surface area contributed by atoms with Gasteiger partial charge in [0.05, 0.1) is 0 Å². The van der Waals surface area contributed by atoms with E-state index in [1.54, 1.807) is 0 Å². The first-order valence-corrected chi connectivity index (χ1v) is 7.99. The molecule has 1 nitrogen and oxygen atoms in total. The Morgan fingerprint density at radius 3 is 2.45 bits per heavy atom. The van der Waals surface area contributed by atoms with Crippen LogP contribution in [0.3, 0.4) is 0 Å². The van der Waals surface area contributed by atoms with Crippen molar-refractivity contribution in [1.82, 2.24) is 5.32 Å². The minimum Gasteiger partial charge on any atom is -0.307 e. The summed E-state index contributed by atoms with van der Waals surface area (Å²) in [6, 6.07) is 16.4. The maximum absolute atomic E-state index is 3.83. The summed E-state index contributed by atoms with van der Waals surface area (Å²) >= 11 is 0. The van der Waals surface area contributed by atoms with Gasteiger partial charge >= 0.3 is 0 Å². The van der Waals surface area contributed by atoms with E-state index in [4.69, 9.17) is 0 Å². The first-order chi connectivity index (χ1) is 9.75. The van der Waals surface area contributed by atoms with Crippen LogP contribution < -0.4 is 5.32 Å². The summed E-state index contributed by atoms with van der Waals surface area (Å²) in [6.45, 7) is 4.66. The van der Waals surface area contributed by atoms with E-state index in [9.17, 15) is 0 Å². The molecule has 0 aromatic heterocycles. The second kappa shape index (κ2) is 5.97. The molecule has 0 saturated heterocycles. The highest BCUT2D eigenvalue weighted by Crippen LogP contribution is 2.30. The number of fused-ring (bicyclic) bond motifs is 1. The number of benzene rings is 2. The van der Waals surface area contributed by atoms with E-state index < -0.39 is 0 Å². The monoisotopic (exact) mass is 267 g/mol. The minimum absolute atomic E-state index is 0.414. The van der Waals surface area contributed by atoms with Crippen molar-refractivity contribution in [2.24, 2.45) is 5.92 Å². The fraction of sp³-hybridized carbons (Fsp3) is 0.474. The molecule has 3 rings (SSSR count). The summed E-state index contributed by atoms with van der Waals surface area (Å²) in [5.41, 5.74) is 1.42. The van der Waals surface area contributed by atoms with Crippen molar-refractivity contribution in [3.63, 3.8) is 0 Å². The van der Waals surface area contributed by atoms with Gasteiger partial charge in [0.2, 0.25) is 0 Å². The molecular weight excluding hydrogens is 242 g/mol. The molecule has 1 aliphatic carbocycles. The number of hydrogen-bond acceptors (Lipinski definition) is 1. The van der Waals surface area contributed by atoms with Gasteiger partial charge in [-0.05, 0) is 48.9 Å². The van der Waals surface area contributed by atoms with Crippen LogP contribution in [0.4, 0.5) is 0 Å². The SMILES string of the molecule is CC(N[C@@H](C)C1CCCC1)c1cccc2ccccc12. The molecule has 106 valence electrons. The van der Waals surface area contributed by atoms with Gasteiger partial charge in [-0.3, -0.25) is 0 Å². The average Bonchev–Trinajstić information content (AvgIpc) is 3.01. The van der Waals surface area contributed by atoms with Gasteiger partial charge in [0.1, 0.15) is 0 Å². The van der Waals surface area contributed by atoms with Crippen LogP contribution in [-0.4, -0.2) is 6.04 Å². The summed E-state index contributed by atoms with van der Waals surface area (Å²) in [4.78, 5) is 0. The Balaban J connectivity index is 1.79. The molecule has 0 amide bonds. The third-order valence-corrected chi connectivity index (χ3v) is 4.91. The minimum atomic E-state index is 0.414. The number of rotatable bonds is 4. The Bertz CT molecular complexity index is 563. The molecule has 0 aliphatic heterocycles. The summed E-state index contributed by atoms with van der Waals surface area (Å²) < 4.78 is 0. The zero-order chi connectivity index (χ0) is 13.9. The zero-order valence-electron chi connectivity index (χ0n) is 12.6. The molecule has 1 heteroatoms. The van der Waals surface area contributed by atoms with Crippen LogP contribution in [0, 0.1) is 5.92 Å². The second-order valence-corrected chi connectivity index (χ2v) is 6.29. The summed E-state index contributed by atoms with van der Waals surface area (Å²) in [6.07, 6.45) is 5.63. The van der Waals surface area contributed by atoms with Crippen molar-refractivity contribution < 1.29 is 0 Å². The molecule has 1 unspecified atom stereocenters. The normalized spacial score (nSPS) is 19.3. The largest absolute Gasteiger partial charge is 0.307 e. The molecule has 20 heavy (non-hydrogen) atoms. The molecule has 2 aromatic rings. The number of nitrogens with one attached hydrogen (secondary N) is 1. The molecule has 0 spiro atoms. The van der Waals surface area contributed by atoms with Crippen LogP contribution in [0.15, 0.2) is 42.5 Å². The molecule has 2 aromatic carbocycles. The highest BCUT2D eigenvalue weighted by Gasteiger charge is 2.23. The Labute approximate surface area is 122 Å². The van der Waals surface area contributed by atoms with Gasteiger partial charge < -0.3 is 5.32 Å². The molecule has 1 N–H and O–H groups in total. The Morgan fingerprint density at radius 1 is 0.950 bits per heavy atom. The van der Waals surface area contributed by atoms with Crippen molar-refractivity contribution in [3.8, 4) is 0 Å². The fourth-order valence-electron chi connectivity index (χ4n) is 3.71. The highest BCUT2D eigenvalue weighted by atomic mass is 14.9. The highest BCUT2D eigenvalue weighted by molar-refractivity contribution is 5.86. The van der Waals surface area contributed by atoms with Crippen molar-refractivity contribution in [1.29, 1.82) is 0 Å². The lowest BCUT2D eigenvalue weighted by atomic mass is 9.95. The van der Waals surface area contributed by atoms with Gasteiger partial charge in [0.25, 0.3) is 0 Å². The molecule has 2 atom stereocenters. The van der Waals surface area contributed by atoms with Crippen LogP contribution in [0.25, 0.3) is 10.8 Å². The molecule has 1 aliphatic rings. The van der Waals surface area contributed by atoms with E-state index >= 15 is 0 Å². The zero-order valence-corrected chi connectivity index (χ0v) is 12.6. The lowest BCUT2D eigenvalue weighted by Crippen LogP contribution is -2.34. The van der Waals surface area contributed by atoms with Gasteiger partial charge in [-0.25, -0.2) is 0 Å². The van der Waals surface area contributed by atoms with E-state index in [1.165, 1.54) is 42.0 Å². The standard InChI is InChI=1S/C19H25N/c1-14(16-8-3-4-9-16)20-15(2)18-13-7-11-17-10-5-6-12-19(17)18/h5-7,10-16,20H,3-4,8-9H2,1-2H3/t14-,15?/m0/s1. The molecule has 0 heterocycles. The lowest BCUT2D eigenvalue weighted by Gasteiger charge is -2.26. The predicted molar refractivity (Wildman–Crippen MR) is 86.9 cm³/mol. The molecule has 0 radical (unpaired) electrons. The van der Waals surface area contributed by atoms with Gasteiger partial charge in [-0.1, -0.05) is 55.3 Å². The number of hydrogen-bond donors (Lipinski definition) is 1. The summed E-state index contributed by atoms with van der Waals surface area (Å²) in [5, 5.41) is 6.55. The first kappa shape index (κ1) is 13.6. The van der Waals surface area contributed by atoms with Crippen molar-refractivity contribution in [2.45, 2.75) is 51.6 Å². The predicted octanol–water partition coefficient (Wildman–Crippen LogP) is 5.07. The Morgan fingerprint density at radius 2 is 1.65 bits per heavy atom. The van der Waals surface area contributed by atoms with Gasteiger partial charge in [-0.2, -0.15) is 0 Å². The van der Waals surface area contributed by atoms with Crippen molar-refractivity contribution in [3.05, 3.63) is 48.0 Å². The lowest BCUT2D eigenvalue weighted by molar-refractivity contribution is 0.353. The van der Waals surface area contributed by atoms with Crippen LogP contribution in [0.2, 0.25) is 0 Å². The van der Waals surface area contributed by atoms with Crippen LogP contribution >= 0.6 is 0 Å². The first-order valence-electron chi connectivity index (χ1n) is 7.99. The van der Waals surface area contributed by atoms with Crippen molar-refractivity contribution >= 4 is 10.8 Å². The van der Waals surface area contributed by atoms with Crippen LogP contribution in [-0.2, 0) is 0 Å². The Kier molecular flexibility index (Phi) is 4.07. The summed E-state index contributed by atoms with van der Waals surface area (Å²) in [7, 11) is 0. The summed E-state index contributed by atoms with van der Waals surface area (Å²) in [5.74, 6) is 0.868. The van der Waals surface area contributed by atoms with Gasteiger partial charge in [0.15, 0.2) is 0 Å². The second-order valence-electron chi connectivity index (χ2n) is 6.29. The van der Waals surface area contributed by atoms with E-state index in [1.807, 2.05) is 0 Å². The Hall–Kier alpha value is -1.34. The fourth-order valence-corrected chi connectivity index (χ4v) is 3.71. The smallest absolute Gasteiger partial charge is 0.0300 e. The molecule has 0 bridgehead atoms. The average molecular weight is 267 g/mol. The van der Waals surface area contributed by atoms with E-state index in [-0.39, 0.29) is 0 Å². The maximum Gasteiger partial charge on any atom is 0.0300 e.